The molecule has 0 aliphatic carbocycles. The van der Waals surface area contributed by atoms with Crippen molar-refractivity contribution in [3.8, 4) is 6.01 Å². The number of aromatic nitrogens is 2. The van der Waals surface area contributed by atoms with Crippen molar-refractivity contribution in [3.63, 3.8) is 0 Å². The molecule has 1 unspecified atom stereocenters. The Morgan fingerprint density at radius 1 is 1.18 bits per heavy atom. The standard InChI is InChI=1S/C23H29ClN6O4/c1-23(16-29-14-20(30(32)33)25-22(29)34-23)15-26-8-6-19(7-9-26)27-10-12-28(13-11-27)21(31)17-2-4-18(24)5-3-17/h2-5,14,19H,6-13,15-16H2,1H3. The van der Waals surface area contributed by atoms with E-state index in [1.165, 1.54) is 6.20 Å². The van der Waals surface area contributed by atoms with Crippen molar-refractivity contribution in [2.45, 2.75) is 38.0 Å². The van der Waals surface area contributed by atoms with E-state index in [1.54, 1.807) is 28.8 Å². The number of carbonyl (C=O) groups excluding carboxylic acids is 1. The molecule has 0 spiro atoms. The predicted molar refractivity (Wildman–Crippen MR) is 126 cm³/mol. The van der Waals surface area contributed by atoms with Gasteiger partial charge in [0.25, 0.3) is 5.91 Å². The zero-order chi connectivity index (χ0) is 23.9. The molecular weight excluding hydrogens is 460 g/mol. The summed E-state index contributed by atoms with van der Waals surface area (Å²) in [5, 5.41) is 11.5. The van der Waals surface area contributed by atoms with Gasteiger partial charge in [-0.05, 0) is 62.0 Å². The fourth-order valence-corrected chi connectivity index (χ4v) is 5.47. The Bertz CT molecular complexity index is 1030. The molecule has 34 heavy (non-hydrogen) atoms. The van der Waals surface area contributed by atoms with Gasteiger partial charge in [0.1, 0.15) is 11.8 Å². The molecule has 11 heteroatoms. The van der Waals surface area contributed by atoms with Gasteiger partial charge in [-0.25, -0.2) is 0 Å². The monoisotopic (exact) mass is 488 g/mol. The lowest BCUT2D eigenvalue weighted by Crippen LogP contribution is -2.55. The van der Waals surface area contributed by atoms with Gasteiger partial charge in [0.2, 0.25) is 0 Å². The zero-order valence-corrected chi connectivity index (χ0v) is 20.0. The largest absolute Gasteiger partial charge is 0.436 e. The molecule has 3 aliphatic rings. The first-order valence-electron chi connectivity index (χ1n) is 11.7. The van der Waals surface area contributed by atoms with Crippen LogP contribution in [0.5, 0.6) is 6.01 Å². The van der Waals surface area contributed by atoms with E-state index in [4.69, 9.17) is 16.3 Å². The lowest BCUT2D eigenvalue weighted by atomic mass is 9.99. The average Bonchev–Trinajstić information content (AvgIpc) is 3.35. The van der Waals surface area contributed by atoms with E-state index < -0.39 is 10.5 Å². The van der Waals surface area contributed by atoms with Crippen LogP contribution in [0.4, 0.5) is 5.82 Å². The van der Waals surface area contributed by atoms with Gasteiger partial charge in [0.05, 0.1) is 6.54 Å². The highest BCUT2D eigenvalue weighted by molar-refractivity contribution is 6.30. The first kappa shape index (κ1) is 23.1. The lowest BCUT2D eigenvalue weighted by molar-refractivity contribution is -0.389. The summed E-state index contributed by atoms with van der Waals surface area (Å²) in [5.41, 5.74) is 0.253. The van der Waals surface area contributed by atoms with Crippen LogP contribution in [0.2, 0.25) is 5.02 Å². The molecule has 182 valence electrons. The van der Waals surface area contributed by atoms with Crippen LogP contribution in [0, 0.1) is 10.1 Å². The minimum absolute atomic E-state index is 0.0706. The van der Waals surface area contributed by atoms with E-state index in [0.717, 1.165) is 58.7 Å². The van der Waals surface area contributed by atoms with Crippen molar-refractivity contribution < 1.29 is 14.5 Å². The van der Waals surface area contributed by atoms with Crippen molar-refractivity contribution in [3.05, 3.63) is 51.2 Å². The summed E-state index contributed by atoms with van der Waals surface area (Å²) in [6.45, 7) is 8.60. The Labute approximate surface area is 203 Å². The number of hydrogen-bond acceptors (Lipinski definition) is 7. The van der Waals surface area contributed by atoms with Gasteiger partial charge >= 0.3 is 11.8 Å². The Balaban J connectivity index is 1.07. The number of fused-ring (bicyclic) bond motifs is 1. The number of likely N-dealkylation sites (tertiary alicyclic amines) is 1. The molecule has 0 saturated carbocycles. The molecule has 1 aromatic carbocycles. The van der Waals surface area contributed by atoms with Crippen LogP contribution in [0.15, 0.2) is 30.5 Å². The fraction of sp³-hybridized carbons (Fsp3) is 0.565. The number of rotatable bonds is 5. The van der Waals surface area contributed by atoms with Crippen LogP contribution in [-0.2, 0) is 6.54 Å². The third-order valence-electron chi connectivity index (χ3n) is 7.08. The Kier molecular flexibility index (Phi) is 6.22. The highest BCUT2D eigenvalue weighted by atomic mass is 35.5. The number of carbonyl (C=O) groups is 1. The molecule has 2 fully saturated rings. The van der Waals surface area contributed by atoms with Crippen LogP contribution >= 0.6 is 11.6 Å². The van der Waals surface area contributed by atoms with Gasteiger partial charge in [0.15, 0.2) is 0 Å². The van der Waals surface area contributed by atoms with Gasteiger partial charge in [-0.3, -0.25) is 19.2 Å². The number of amides is 1. The van der Waals surface area contributed by atoms with Gasteiger partial charge < -0.3 is 19.8 Å². The van der Waals surface area contributed by atoms with Crippen molar-refractivity contribution in [2.75, 3.05) is 45.8 Å². The molecule has 1 aromatic heterocycles. The van der Waals surface area contributed by atoms with Crippen LogP contribution in [0.25, 0.3) is 0 Å². The summed E-state index contributed by atoms with van der Waals surface area (Å²) >= 11 is 5.94. The van der Waals surface area contributed by atoms with E-state index in [2.05, 4.69) is 14.8 Å². The SMILES string of the molecule is CC1(CN2CCC(N3CCN(C(=O)c4ccc(Cl)cc4)CC3)CC2)Cn2cc([N+](=O)[O-])nc2O1. The maximum Gasteiger partial charge on any atom is 0.415 e. The Morgan fingerprint density at radius 3 is 2.47 bits per heavy atom. The summed E-state index contributed by atoms with van der Waals surface area (Å²) in [4.78, 5) is 34.0. The lowest BCUT2D eigenvalue weighted by Gasteiger charge is -2.43. The number of piperidine rings is 1. The molecule has 2 saturated heterocycles. The molecule has 0 N–H and O–H groups in total. The zero-order valence-electron chi connectivity index (χ0n) is 19.2. The Hall–Kier alpha value is -2.69. The summed E-state index contributed by atoms with van der Waals surface area (Å²) in [5.74, 6) is -0.103. The van der Waals surface area contributed by atoms with E-state index >= 15 is 0 Å². The number of imidazole rings is 1. The van der Waals surface area contributed by atoms with Gasteiger partial charge in [0, 0.05) is 54.3 Å². The van der Waals surface area contributed by atoms with Gasteiger partial charge in [-0.15, -0.1) is 0 Å². The summed E-state index contributed by atoms with van der Waals surface area (Å²) in [6, 6.07) is 7.95. The van der Waals surface area contributed by atoms with Crippen molar-refractivity contribution in [1.82, 2.24) is 24.3 Å². The van der Waals surface area contributed by atoms with E-state index in [9.17, 15) is 14.9 Å². The second-order valence-electron chi connectivity index (χ2n) is 9.66. The highest BCUT2D eigenvalue weighted by Crippen LogP contribution is 2.32. The average molecular weight is 489 g/mol. The first-order valence-corrected chi connectivity index (χ1v) is 12.1. The smallest absolute Gasteiger partial charge is 0.415 e. The molecule has 4 heterocycles. The predicted octanol–water partition coefficient (Wildman–Crippen LogP) is 2.52. The molecular formula is C23H29ClN6O4. The van der Waals surface area contributed by atoms with E-state index in [1.807, 2.05) is 11.8 Å². The molecule has 2 aromatic rings. The number of nitro groups is 1. The maximum absolute atomic E-state index is 12.8. The van der Waals surface area contributed by atoms with Crippen LogP contribution in [0.1, 0.15) is 30.1 Å². The minimum atomic E-state index is -0.496. The van der Waals surface area contributed by atoms with Crippen molar-refractivity contribution in [1.29, 1.82) is 0 Å². The van der Waals surface area contributed by atoms with Crippen LogP contribution < -0.4 is 4.74 Å². The number of halogens is 1. The molecule has 0 bridgehead atoms. The third-order valence-corrected chi connectivity index (χ3v) is 7.33. The third kappa shape index (κ3) is 4.75. The summed E-state index contributed by atoms with van der Waals surface area (Å²) in [6.07, 6.45) is 3.61. The topological polar surface area (TPSA) is 97.0 Å². The molecule has 0 radical (unpaired) electrons. The highest BCUT2D eigenvalue weighted by Gasteiger charge is 2.42. The maximum atomic E-state index is 12.8. The van der Waals surface area contributed by atoms with E-state index in [-0.39, 0.29) is 11.7 Å². The van der Waals surface area contributed by atoms with Crippen molar-refractivity contribution >= 4 is 23.3 Å². The van der Waals surface area contributed by atoms with Gasteiger partial charge in [-0.2, -0.15) is 0 Å². The minimum Gasteiger partial charge on any atom is -0.436 e. The fourth-order valence-electron chi connectivity index (χ4n) is 5.34. The molecule has 3 aliphatic heterocycles. The normalized spacial score (nSPS) is 24.1. The second-order valence-corrected chi connectivity index (χ2v) is 10.1. The summed E-state index contributed by atoms with van der Waals surface area (Å²) < 4.78 is 7.73. The second kappa shape index (κ2) is 9.16. The number of ether oxygens (including phenoxy) is 1. The molecule has 1 atom stereocenters. The van der Waals surface area contributed by atoms with E-state index in [0.29, 0.717) is 29.2 Å². The Morgan fingerprint density at radius 2 is 1.85 bits per heavy atom. The molecule has 10 nitrogen and oxygen atoms in total. The number of nitrogens with zero attached hydrogens (tertiary/aromatic N) is 6. The first-order chi connectivity index (χ1) is 16.3. The van der Waals surface area contributed by atoms with Crippen LogP contribution in [-0.4, -0.2) is 92.5 Å². The number of benzene rings is 1. The molecule has 1 amide bonds. The van der Waals surface area contributed by atoms with Gasteiger partial charge in [-0.1, -0.05) is 11.6 Å². The van der Waals surface area contributed by atoms with Crippen molar-refractivity contribution in [2.24, 2.45) is 0 Å². The quantitative estimate of drug-likeness (QED) is 0.471. The molecule has 5 rings (SSSR count). The number of piperazine rings is 1. The number of hydrogen-bond donors (Lipinski definition) is 0. The summed E-state index contributed by atoms with van der Waals surface area (Å²) in [7, 11) is 0. The van der Waals surface area contributed by atoms with Crippen LogP contribution in [0.3, 0.4) is 0 Å².